The third-order valence-electron chi connectivity index (χ3n) is 1.20. The largest absolute Gasteiger partial charge is 0.530 e. The van der Waals surface area contributed by atoms with E-state index in [0.717, 1.165) is 0 Å². The van der Waals surface area contributed by atoms with Crippen molar-refractivity contribution in [3.8, 4) is 0 Å². The molecule has 0 aromatic rings. The van der Waals surface area contributed by atoms with Crippen LogP contribution in [0.2, 0.25) is 0 Å². The fourth-order valence-corrected chi connectivity index (χ4v) is 1.70. The molecular weight excluding hydrogens is 164 g/mol. The van der Waals surface area contributed by atoms with E-state index in [1.54, 1.807) is 5.70 Å². The van der Waals surface area contributed by atoms with Gasteiger partial charge in [-0.2, -0.15) is 0 Å². The molecule has 0 rings (SSSR count). The Balaban J connectivity index is 3.94. The van der Waals surface area contributed by atoms with Crippen molar-refractivity contribution in [2.75, 3.05) is 28.1 Å². The minimum Gasteiger partial charge on any atom is -0.374 e. The van der Waals surface area contributed by atoms with Gasteiger partial charge in [0.1, 0.15) is 6.79 Å². The number of ether oxygens (including phenoxy) is 1. The highest BCUT2D eigenvalue weighted by molar-refractivity contribution is 6.66. The van der Waals surface area contributed by atoms with E-state index in [-0.39, 0.29) is 6.79 Å². The Morgan fingerprint density at radius 2 is 1.82 bits per heavy atom. The van der Waals surface area contributed by atoms with Gasteiger partial charge in [0.05, 0.1) is 0 Å². The van der Waals surface area contributed by atoms with Crippen LogP contribution >= 0.6 is 0 Å². The van der Waals surface area contributed by atoms with E-state index in [2.05, 4.69) is 6.58 Å². The minimum absolute atomic E-state index is 0.153. The molecule has 0 saturated carbocycles. The molecule has 0 saturated heterocycles. The second-order valence-corrected chi connectivity index (χ2v) is 4.49. The molecule has 0 aromatic heterocycles. The van der Waals surface area contributed by atoms with Gasteiger partial charge in [-0.1, -0.05) is 6.58 Å². The summed E-state index contributed by atoms with van der Waals surface area (Å²) in [6.45, 7) is 3.71. The quantitative estimate of drug-likeness (QED) is 0.440. The zero-order valence-electron chi connectivity index (χ0n) is 7.12. The molecule has 11 heavy (non-hydrogen) atoms. The van der Waals surface area contributed by atoms with Gasteiger partial charge < -0.3 is 18.0 Å². The normalized spacial score (nSPS) is 11.5. The molecule has 0 amide bonds. The Morgan fingerprint density at radius 1 is 1.27 bits per heavy atom. The monoisotopic (exact) mass is 178 g/mol. The van der Waals surface area contributed by atoms with Gasteiger partial charge in [-0.05, 0) is 5.70 Å². The second kappa shape index (κ2) is 5.45. The first-order valence-corrected chi connectivity index (χ1v) is 4.91. The fraction of sp³-hybridized carbons (Fsp3) is 0.667. The van der Waals surface area contributed by atoms with Crippen LogP contribution in [0, 0.1) is 0 Å². The highest BCUT2D eigenvalue weighted by Gasteiger charge is 2.35. The average Bonchev–Trinajstić information content (AvgIpc) is 2.08. The zero-order chi connectivity index (χ0) is 8.74. The summed E-state index contributed by atoms with van der Waals surface area (Å²) in [5.41, 5.74) is 1.55. The maximum atomic E-state index is 5.18. The number of hydrogen-bond acceptors (Lipinski definition) is 4. The Kier molecular flexibility index (Phi) is 5.35. The summed E-state index contributed by atoms with van der Waals surface area (Å²) in [5, 5.41) is 0. The van der Waals surface area contributed by atoms with E-state index in [4.69, 9.17) is 18.0 Å². The second-order valence-electron chi connectivity index (χ2n) is 1.77. The van der Waals surface area contributed by atoms with Crippen LogP contribution in [0.25, 0.3) is 0 Å². The lowest BCUT2D eigenvalue weighted by atomic mass is 11.3. The van der Waals surface area contributed by atoms with Crippen molar-refractivity contribution in [1.82, 2.24) is 0 Å². The number of hydrogen-bond donors (Lipinski definition) is 0. The van der Waals surface area contributed by atoms with E-state index in [9.17, 15) is 0 Å². The molecule has 0 spiro atoms. The summed E-state index contributed by atoms with van der Waals surface area (Å²) in [6.07, 6.45) is 0. The SMILES string of the molecule is C=C[Si](OC)(OC)OCOC. The maximum Gasteiger partial charge on any atom is 0.530 e. The van der Waals surface area contributed by atoms with Gasteiger partial charge in [-0.15, -0.1) is 0 Å². The molecule has 0 atom stereocenters. The van der Waals surface area contributed by atoms with Crippen LogP contribution in [0.3, 0.4) is 0 Å². The highest BCUT2D eigenvalue weighted by atomic mass is 28.4. The zero-order valence-corrected chi connectivity index (χ0v) is 8.12. The van der Waals surface area contributed by atoms with Crippen molar-refractivity contribution < 1.29 is 18.0 Å². The summed E-state index contributed by atoms with van der Waals surface area (Å²) in [4.78, 5) is 0. The topological polar surface area (TPSA) is 36.9 Å². The lowest BCUT2D eigenvalue weighted by Crippen LogP contribution is -2.42. The van der Waals surface area contributed by atoms with Crippen LogP contribution in [0.1, 0.15) is 0 Å². The van der Waals surface area contributed by atoms with Gasteiger partial charge in [0.15, 0.2) is 0 Å². The van der Waals surface area contributed by atoms with Gasteiger partial charge in [-0.25, -0.2) is 0 Å². The molecular formula is C6H14O4Si. The van der Waals surface area contributed by atoms with Crippen molar-refractivity contribution in [1.29, 1.82) is 0 Å². The standard InChI is InChI=1S/C6H14O4Si/c1-5-11(8-3,9-4)10-6-7-2/h5H,1,6H2,2-4H3. The molecule has 66 valence electrons. The van der Waals surface area contributed by atoms with Crippen molar-refractivity contribution in [3.05, 3.63) is 12.3 Å². The predicted molar refractivity (Wildman–Crippen MR) is 42.9 cm³/mol. The highest BCUT2D eigenvalue weighted by Crippen LogP contribution is 2.07. The fourth-order valence-electron chi connectivity index (χ4n) is 0.568. The van der Waals surface area contributed by atoms with E-state index < -0.39 is 8.80 Å². The first kappa shape index (κ1) is 10.8. The van der Waals surface area contributed by atoms with Crippen LogP contribution in [-0.2, 0) is 18.0 Å². The smallest absolute Gasteiger partial charge is 0.374 e. The van der Waals surface area contributed by atoms with Crippen LogP contribution in [0.5, 0.6) is 0 Å². The van der Waals surface area contributed by atoms with Crippen molar-refractivity contribution in [2.45, 2.75) is 0 Å². The van der Waals surface area contributed by atoms with Gasteiger partial charge in [0, 0.05) is 21.3 Å². The van der Waals surface area contributed by atoms with E-state index >= 15 is 0 Å². The molecule has 5 heteroatoms. The minimum atomic E-state index is -2.60. The Bertz CT molecular complexity index is 113. The summed E-state index contributed by atoms with van der Waals surface area (Å²) >= 11 is 0. The molecule has 0 aliphatic rings. The molecule has 0 unspecified atom stereocenters. The van der Waals surface area contributed by atoms with Crippen LogP contribution in [0.15, 0.2) is 12.3 Å². The molecule has 0 heterocycles. The molecule has 0 aliphatic heterocycles. The predicted octanol–water partition coefficient (Wildman–Crippen LogP) is 0.564. The van der Waals surface area contributed by atoms with Crippen molar-refractivity contribution >= 4 is 8.80 Å². The average molecular weight is 178 g/mol. The third-order valence-corrected chi connectivity index (χ3v) is 3.36. The van der Waals surface area contributed by atoms with Crippen LogP contribution in [0.4, 0.5) is 0 Å². The Labute approximate surface area is 68.1 Å². The summed E-state index contributed by atoms with van der Waals surface area (Å²) in [5.74, 6) is 0. The van der Waals surface area contributed by atoms with E-state index in [1.807, 2.05) is 0 Å². The number of rotatable bonds is 6. The van der Waals surface area contributed by atoms with Gasteiger partial charge in [0.2, 0.25) is 0 Å². The lowest BCUT2D eigenvalue weighted by Gasteiger charge is -2.21. The first-order valence-electron chi connectivity index (χ1n) is 3.11. The van der Waals surface area contributed by atoms with Crippen molar-refractivity contribution in [2.24, 2.45) is 0 Å². The van der Waals surface area contributed by atoms with E-state index in [0.29, 0.717) is 0 Å². The summed E-state index contributed by atoms with van der Waals surface area (Å²) in [6, 6.07) is 0. The Morgan fingerprint density at radius 3 is 2.09 bits per heavy atom. The van der Waals surface area contributed by atoms with E-state index in [1.165, 1.54) is 21.3 Å². The molecule has 4 nitrogen and oxygen atoms in total. The summed E-state index contributed by atoms with van der Waals surface area (Å²) < 4.78 is 20.0. The Hall–Kier alpha value is -0.203. The third kappa shape index (κ3) is 3.13. The van der Waals surface area contributed by atoms with Crippen LogP contribution in [-0.4, -0.2) is 36.9 Å². The number of methoxy groups -OCH3 is 1. The van der Waals surface area contributed by atoms with Crippen LogP contribution < -0.4 is 0 Å². The molecule has 0 fully saturated rings. The molecule has 0 radical (unpaired) electrons. The first-order chi connectivity index (χ1) is 5.24. The lowest BCUT2D eigenvalue weighted by molar-refractivity contribution is -0.00431. The molecule has 0 bridgehead atoms. The molecule has 0 aromatic carbocycles. The maximum absolute atomic E-state index is 5.18. The van der Waals surface area contributed by atoms with Gasteiger partial charge in [0.25, 0.3) is 0 Å². The molecule has 0 aliphatic carbocycles. The van der Waals surface area contributed by atoms with Gasteiger partial charge in [-0.3, -0.25) is 0 Å². The summed E-state index contributed by atoms with van der Waals surface area (Å²) in [7, 11) is 1.98. The molecule has 0 N–H and O–H groups in total. The van der Waals surface area contributed by atoms with Gasteiger partial charge >= 0.3 is 8.80 Å². The van der Waals surface area contributed by atoms with Crippen molar-refractivity contribution in [3.63, 3.8) is 0 Å².